The number of carbonyl (C=O) groups excluding carboxylic acids is 1. The monoisotopic (exact) mass is 363 g/mol. The highest BCUT2D eigenvalue weighted by molar-refractivity contribution is 9.10. The van der Waals surface area contributed by atoms with Gasteiger partial charge in [0.1, 0.15) is 6.10 Å². The molecule has 0 aromatic heterocycles. The smallest absolute Gasteiger partial charge is 0.338 e. The number of halogens is 1. The first-order chi connectivity index (χ1) is 9.29. The Labute approximate surface area is 125 Å². The van der Waals surface area contributed by atoms with Gasteiger partial charge >= 0.3 is 5.97 Å². The van der Waals surface area contributed by atoms with Gasteiger partial charge in [-0.05, 0) is 40.5 Å². The SMILES string of the molecule is Cc1cc(C(=O)OC2CCOC2)cc(S(N)(=O)=O)c1Br. The number of primary sulfonamides is 1. The van der Waals surface area contributed by atoms with Gasteiger partial charge in [0.15, 0.2) is 0 Å². The summed E-state index contributed by atoms with van der Waals surface area (Å²) in [5.74, 6) is -0.582. The van der Waals surface area contributed by atoms with Crippen molar-refractivity contribution in [3.05, 3.63) is 27.7 Å². The number of esters is 1. The van der Waals surface area contributed by atoms with Crippen molar-refractivity contribution in [1.29, 1.82) is 0 Å². The second-order valence-electron chi connectivity index (χ2n) is 4.54. The lowest BCUT2D eigenvalue weighted by Crippen LogP contribution is -2.19. The van der Waals surface area contributed by atoms with Gasteiger partial charge in [0, 0.05) is 10.9 Å². The third kappa shape index (κ3) is 3.38. The number of hydrogen-bond donors (Lipinski definition) is 1. The second-order valence-corrected chi connectivity index (χ2v) is 6.86. The minimum atomic E-state index is -3.92. The molecule has 1 atom stereocenters. The van der Waals surface area contributed by atoms with Crippen LogP contribution in [0.3, 0.4) is 0 Å². The standard InChI is InChI=1S/C12H14BrNO5S/c1-7-4-8(5-10(11(7)13)20(14,16)17)12(15)19-9-2-3-18-6-9/h4-5,9H,2-3,6H2,1H3,(H2,14,16,17). The maximum atomic E-state index is 12.0. The maximum absolute atomic E-state index is 12.0. The summed E-state index contributed by atoms with van der Waals surface area (Å²) in [6.07, 6.45) is 0.355. The minimum Gasteiger partial charge on any atom is -0.456 e. The van der Waals surface area contributed by atoms with Crippen molar-refractivity contribution in [1.82, 2.24) is 0 Å². The molecule has 1 heterocycles. The number of sulfonamides is 1. The lowest BCUT2D eigenvalue weighted by atomic mass is 10.1. The van der Waals surface area contributed by atoms with Crippen LogP contribution >= 0.6 is 15.9 Å². The molecule has 1 aromatic rings. The Bertz CT molecular complexity index is 637. The van der Waals surface area contributed by atoms with Gasteiger partial charge in [0.05, 0.1) is 23.7 Å². The first-order valence-corrected chi connectivity index (χ1v) is 8.24. The van der Waals surface area contributed by atoms with Crippen LogP contribution < -0.4 is 5.14 Å². The van der Waals surface area contributed by atoms with Crippen LogP contribution in [0.2, 0.25) is 0 Å². The van der Waals surface area contributed by atoms with Crippen molar-refractivity contribution in [2.45, 2.75) is 24.3 Å². The number of hydrogen-bond acceptors (Lipinski definition) is 5. The van der Waals surface area contributed by atoms with Crippen LogP contribution in [0.15, 0.2) is 21.5 Å². The molecule has 0 amide bonds. The molecule has 20 heavy (non-hydrogen) atoms. The van der Waals surface area contributed by atoms with E-state index in [0.717, 1.165) is 0 Å². The summed E-state index contributed by atoms with van der Waals surface area (Å²) in [6.45, 7) is 2.59. The van der Waals surface area contributed by atoms with E-state index in [2.05, 4.69) is 15.9 Å². The Kier molecular flexibility index (Phi) is 4.48. The molecule has 1 aromatic carbocycles. The summed E-state index contributed by atoms with van der Waals surface area (Å²) in [5.41, 5.74) is 0.743. The van der Waals surface area contributed by atoms with Gasteiger partial charge < -0.3 is 9.47 Å². The Morgan fingerprint density at radius 2 is 2.20 bits per heavy atom. The molecule has 8 heteroatoms. The molecule has 2 rings (SSSR count). The number of benzene rings is 1. The van der Waals surface area contributed by atoms with Crippen LogP contribution in [0.25, 0.3) is 0 Å². The van der Waals surface area contributed by atoms with E-state index in [0.29, 0.717) is 29.7 Å². The Balaban J connectivity index is 2.32. The molecule has 1 fully saturated rings. The molecule has 1 aliphatic rings. The molecule has 0 saturated carbocycles. The second kappa shape index (κ2) is 5.80. The summed E-state index contributed by atoms with van der Waals surface area (Å²) >= 11 is 3.16. The van der Waals surface area contributed by atoms with Gasteiger partial charge in [-0.1, -0.05) is 0 Å². The average molecular weight is 364 g/mol. The summed E-state index contributed by atoms with van der Waals surface area (Å²) in [5, 5.41) is 5.13. The van der Waals surface area contributed by atoms with E-state index >= 15 is 0 Å². The van der Waals surface area contributed by atoms with Crippen LogP contribution in [0, 0.1) is 6.92 Å². The van der Waals surface area contributed by atoms with Gasteiger partial charge in [-0.2, -0.15) is 0 Å². The molecular formula is C12H14BrNO5S. The van der Waals surface area contributed by atoms with Crippen molar-refractivity contribution >= 4 is 31.9 Å². The molecule has 2 N–H and O–H groups in total. The van der Waals surface area contributed by atoms with Gasteiger partial charge in [-0.3, -0.25) is 0 Å². The average Bonchev–Trinajstić information content (AvgIpc) is 2.83. The highest BCUT2D eigenvalue weighted by Gasteiger charge is 2.23. The van der Waals surface area contributed by atoms with Gasteiger partial charge in [-0.25, -0.2) is 18.4 Å². The van der Waals surface area contributed by atoms with E-state index in [1.54, 1.807) is 13.0 Å². The minimum absolute atomic E-state index is 0.132. The molecule has 1 aliphatic heterocycles. The van der Waals surface area contributed by atoms with Crippen molar-refractivity contribution < 1.29 is 22.7 Å². The summed E-state index contributed by atoms with van der Waals surface area (Å²) < 4.78 is 33.7. The quantitative estimate of drug-likeness (QED) is 0.817. The van der Waals surface area contributed by atoms with Crippen LogP contribution in [0.5, 0.6) is 0 Å². The predicted octanol–water partition coefficient (Wildman–Crippen LogP) is 1.35. The van der Waals surface area contributed by atoms with Crippen molar-refractivity contribution in [2.24, 2.45) is 5.14 Å². The topological polar surface area (TPSA) is 95.7 Å². The highest BCUT2D eigenvalue weighted by Crippen LogP contribution is 2.27. The van der Waals surface area contributed by atoms with Gasteiger partial charge in [0.25, 0.3) is 0 Å². The fourth-order valence-electron chi connectivity index (χ4n) is 1.89. The number of carbonyl (C=O) groups is 1. The van der Waals surface area contributed by atoms with Crippen LogP contribution in [-0.4, -0.2) is 33.7 Å². The van der Waals surface area contributed by atoms with E-state index in [9.17, 15) is 13.2 Å². The van der Waals surface area contributed by atoms with Gasteiger partial charge in [0.2, 0.25) is 10.0 Å². The number of rotatable bonds is 3. The van der Waals surface area contributed by atoms with Crippen LogP contribution in [-0.2, 0) is 19.5 Å². The summed E-state index contributed by atoms with van der Waals surface area (Å²) in [4.78, 5) is 11.9. The lowest BCUT2D eigenvalue weighted by molar-refractivity contribution is 0.0270. The van der Waals surface area contributed by atoms with E-state index in [1.807, 2.05) is 0 Å². The molecule has 0 radical (unpaired) electrons. The zero-order chi connectivity index (χ0) is 14.9. The van der Waals surface area contributed by atoms with Crippen molar-refractivity contribution in [3.63, 3.8) is 0 Å². The fraction of sp³-hybridized carbons (Fsp3) is 0.417. The Morgan fingerprint density at radius 3 is 2.75 bits per heavy atom. The summed E-state index contributed by atoms with van der Waals surface area (Å²) in [6, 6.07) is 2.77. The molecule has 0 spiro atoms. The fourth-order valence-corrected chi connectivity index (χ4v) is 3.50. The normalized spacial score (nSPS) is 19.1. The third-order valence-corrected chi connectivity index (χ3v) is 5.18. The molecule has 1 saturated heterocycles. The van der Waals surface area contributed by atoms with Crippen LogP contribution in [0.4, 0.5) is 0 Å². The molecule has 0 bridgehead atoms. The Hall–Kier alpha value is -0.960. The number of nitrogens with two attached hydrogens (primary N) is 1. The van der Waals surface area contributed by atoms with Gasteiger partial charge in [-0.15, -0.1) is 0 Å². The van der Waals surface area contributed by atoms with Crippen LogP contribution in [0.1, 0.15) is 22.3 Å². The van der Waals surface area contributed by atoms with E-state index in [4.69, 9.17) is 14.6 Å². The first kappa shape index (κ1) is 15.4. The summed E-state index contributed by atoms with van der Waals surface area (Å²) in [7, 11) is -3.92. The maximum Gasteiger partial charge on any atom is 0.338 e. The lowest BCUT2D eigenvalue weighted by Gasteiger charge is -2.12. The van der Waals surface area contributed by atoms with E-state index < -0.39 is 16.0 Å². The zero-order valence-electron chi connectivity index (χ0n) is 10.8. The zero-order valence-corrected chi connectivity index (χ0v) is 13.2. The molecule has 110 valence electrons. The number of aryl methyl sites for hydroxylation is 1. The highest BCUT2D eigenvalue weighted by atomic mass is 79.9. The number of ether oxygens (including phenoxy) is 2. The molecule has 0 aliphatic carbocycles. The Morgan fingerprint density at radius 1 is 1.50 bits per heavy atom. The largest absolute Gasteiger partial charge is 0.456 e. The van der Waals surface area contributed by atoms with Crippen molar-refractivity contribution in [2.75, 3.05) is 13.2 Å². The molecular weight excluding hydrogens is 350 g/mol. The van der Waals surface area contributed by atoms with E-state index in [1.165, 1.54) is 6.07 Å². The van der Waals surface area contributed by atoms with E-state index in [-0.39, 0.29) is 16.6 Å². The third-order valence-electron chi connectivity index (χ3n) is 2.92. The predicted molar refractivity (Wildman–Crippen MR) is 74.9 cm³/mol. The molecule has 6 nitrogen and oxygen atoms in total. The molecule has 1 unspecified atom stereocenters. The van der Waals surface area contributed by atoms with Crippen molar-refractivity contribution in [3.8, 4) is 0 Å². The first-order valence-electron chi connectivity index (χ1n) is 5.90.